The molecule has 1 atom stereocenters. The van der Waals surface area contributed by atoms with Gasteiger partial charge in [-0.2, -0.15) is 0 Å². The Balaban J connectivity index is 1.46. The normalized spacial score (nSPS) is 17.9. The summed E-state index contributed by atoms with van der Waals surface area (Å²) >= 11 is 0. The highest BCUT2D eigenvalue weighted by Crippen LogP contribution is 2.14. The van der Waals surface area contributed by atoms with Gasteiger partial charge in [0.15, 0.2) is 0 Å². The lowest BCUT2D eigenvalue weighted by atomic mass is 10.2. The van der Waals surface area contributed by atoms with E-state index < -0.39 is 0 Å². The number of nitrogens with zero attached hydrogens (tertiary/aromatic N) is 1. The van der Waals surface area contributed by atoms with Crippen molar-refractivity contribution in [2.45, 2.75) is 19.0 Å². The zero-order valence-electron chi connectivity index (χ0n) is 12.8. The molecule has 1 fully saturated rings. The topological polar surface area (TPSA) is 44.4 Å². The molecule has 2 aromatic rings. The third kappa shape index (κ3) is 4.53. The predicted molar refractivity (Wildman–Crippen MR) is 88.7 cm³/mol. The van der Waals surface area contributed by atoms with Crippen LogP contribution in [0, 0.1) is 5.82 Å². The Hall–Kier alpha value is -2.40. The van der Waals surface area contributed by atoms with Crippen LogP contribution in [0.15, 0.2) is 54.6 Å². The van der Waals surface area contributed by atoms with Gasteiger partial charge in [-0.25, -0.2) is 9.18 Å². The molecule has 3 rings (SSSR count). The summed E-state index contributed by atoms with van der Waals surface area (Å²) in [6, 6.07) is 16.0. The molecule has 0 spiro atoms. The van der Waals surface area contributed by atoms with E-state index in [1.54, 1.807) is 12.1 Å². The summed E-state index contributed by atoms with van der Waals surface area (Å²) in [6.07, 6.45) is 0.934. The summed E-state index contributed by atoms with van der Waals surface area (Å²) in [7, 11) is 0. The van der Waals surface area contributed by atoms with Crippen molar-refractivity contribution in [3.63, 3.8) is 0 Å². The molecule has 1 heterocycles. The number of nitrogens with one attached hydrogen (secondary N) is 2. The van der Waals surface area contributed by atoms with Gasteiger partial charge in [0.05, 0.1) is 0 Å². The monoisotopic (exact) mass is 313 g/mol. The summed E-state index contributed by atoms with van der Waals surface area (Å²) in [4.78, 5) is 14.3. The second kappa shape index (κ2) is 7.24. The van der Waals surface area contributed by atoms with Crippen molar-refractivity contribution in [2.75, 3.05) is 18.4 Å². The van der Waals surface area contributed by atoms with Crippen LogP contribution < -0.4 is 10.6 Å². The molecule has 23 heavy (non-hydrogen) atoms. The van der Waals surface area contributed by atoms with E-state index in [-0.39, 0.29) is 17.9 Å². The molecule has 1 aliphatic rings. The number of anilines is 1. The van der Waals surface area contributed by atoms with E-state index in [2.05, 4.69) is 27.7 Å². The van der Waals surface area contributed by atoms with Crippen molar-refractivity contribution in [2.24, 2.45) is 0 Å². The molecule has 1 saturated heterocycles. The van der Waals surface area contributed by atoms with Gasteiger partial charge in [0.25, 0.3) is 0 Å². The zero-order chi connectivity index (χ0) is 16.1. The van der Waals surface area contributed by atoms with E-state index in [0.717, 1.165) is 26.1 Å². The maximum absolute atomic E-state index is 12.8. The van der Waals surface area contributed by atoms with Crippen LogP contribution in [0.25, 0.3) is 0 Å². The highest BCUT2D eigenvalue weighted by Gasteiger charge is 2.23. The largest absolute Gasteiger partial charge is 0.334 e. The fourth-order valence-corrected chi connectivity index (χ4v) is 2.82. The molecule has 1 aliphatic heterocycles. The first kappa shape index (κ1) is 15.5. The minimum Gasteiger partial charge on any atom is -0.334 e. The van der Waals surface area contributed by atoms with Crippen LogP contribution in [0.4, 0.5) is 14.9 Å². The highest BCUT2D eigenvalue weighted by atomic mass is 19.1. The standard InChI is InChI=1S/C18H20FN3O/c19-15-6-8-16(9-7-15)20-18(23)21-17-10-11-22(13-17)12-14-4-2-1-3-5-14/h1-9,17H,10-13H2,(H2,20,21,23)/t17-/m0/s1. The molecule has 0 saturated carbocycles. The minimum absolute atomic E-state index is 0.138. The van der Waals surface area contributed by atoms with Crippen molar-refractivity contribution < 1.29 is 9.18 Å². The van der Waals surface area contributed by atoms with Crippen molar-refractivity contribution in [3.8, 4) is 0 Å². The lowest BCUT2D eigenvalue weighted by molar-refractivity contribution is 0.247. The second-order valence-electron chi connectivity index (χ2n) is 5.81. The number of amides is 2. The number of carbonyl (C=O) groups is 1. The van der Waals surface area contributed by atoms with Crippen molar-refractivity contribution in [1.29, 1.82) is 0 Å². The fourth-order valence-electron chi connectivity index (χ4n) is 2.82. The quantitative estimate of drug-likeness (QED) is 0.910. The van der Waals surface area contributed by atoms with Crippen molar-refractivity contribution in [3.05, 3.63) is 66.0 Å². The Morgan fingerprint density at radius 2 is 1.87 bits per heavy atom. The van der Waals surface area contributed by atoms with Crippen LogP contribution in [0.5, 0.6) is 0 Å². The van der Waals surface area contributed by atoms with Gasteiger partial charge in [0.2, 0.25) is 0 Å². The number of carbonyl (C=O) groups excluding carboxylic acids is 1. The average Bonchev–Trinajstić information content (AvgIpc) is 2.97. The molecule has 2 amide bonds. The molecule has 0 bridgehead atoms. The summed E-state index contributed by atoms with van der Waals surface area (Å²) in [5.41, 5.74) is 1.87. The Bertz CT molecular complexity index is 645. The zero-order valence-corrected chi connectivity index (χ0v) is 12.8. The summed E-state index contributed by atoms with van der Waals surface area (Å²) < 4.78 is 12.8. The van der Waals surface area contributed by atoms with Gasteiger partial charge >= 0.3 is 6.03 Å². The molecule has 0 aliphatic carbocycles. The number of urea groups is 1. The van der Waals surface area contributed by atoms with Gasteiger partial charge in [-0.05, 0) is 36.2 Å². The average molecular weight is 313 g/mol. The molecule has 120 valence electrons. The SMILES string of the molecule is O=C(Nc1ccc(F)cc1)N[C@H]1CCN(Cc2ccccc2)C1. The van der Waals surface area contributed by atoms with Gasteiger partial charge in [-0.15, -0.1) is 0 Å². The third-order valence-electron chi connectivity index (χ3n) is 3.96. The van der Waals surface area contributed by atoms with E-state index in [1.165, 1.54) is 17.7 Å². The first-order valence-electron chi connectivity index (χ1n) is 7.78. The molecule has 5 heteroatoms. The first-order chi connectivity index (χ1) is 11.2. The highest BCUT2D eigenvalue weighted by molar-refractivity contribution is 5.89. The number of likely N-dealkylation sites (tertiary alicyclic amines) is 1. The number of hydrogen-bond acceptors (Lipinski definition) is 2. The predicted octanol–water partition coefficient (Wildman–Crippen LogP) is 3.22. The van der Waals surface area contributed by atoms with E-state index >= 15 is 0 Å². The van der Waals surface area contributed by atoms with Crippen LogP contribution in [0.3, 0.4) is 0 Å². The van der Waals surface area contributed by atoms with Gasteiger partial charge in [-0.1, -0.05) is 30.3 Å². The lowest BCUT2D eigenvalue weighted by Crippen LogP contribution is -2.39. The molecule has 0 aromatic heterocycles. The number of hydrogen-bond donors (Lipinski definition) is 2. The molecular formula is C18H20FN3O. The van der Waals surface area contributed by atoms with E-state index in [0.29, 0.717) is 5.69 Å². The van der Waals surface area contributed by atoms with E-state index in [1.807, 2.05) is 18.2 Å². The lowest BCUT2D eigenvalue weighted by Gasteiger charge is -2.17. The Labute approximate surface area is 135 Å². The summed E-state index contributed by atoms with van der Waals surface area (Å²) in [5.74, 6) is -0.316. The van der Waals surface area contributed by atoms with Crippen LogP contribution in [-0.2, 0) is 6.54 Å². The maximum Gasteiger partial charge on any atom is 0.319 e. The van der Waals surface area contributed by atoms with Gasteiger partial charge in [-0.3, -0.25) is 4.90 Å². The maximum atomic E-state index is 12.8. The molecule has 2 aromatic carbocycles. The van der Waals surface area contributed by atoms with E-state index in [9.17, 15) is 9.18 Å². The Kier molecular flexibility index (Phi) is 4.88. The summed E-state index contributed by atoms with van der Waals surface area (Å²) in [5, 5.41) is 5.70. The van der Waals surface area contributed by atoms with Crippen molar-refractivity contribution in [1.82, 2.24) is 10.2 Å². The first-order valence-corrected chi connectivity index (χ1v) is 7.78. The smallest absolute Gasteiger partial charge is 0.319 e. The van der Waals surface area contributed by atoms with Gasteiger partial charge in [0.1, 0.15) is 5.82 Å². The second-order valence-corrected chi connectivity index (χ2v) is 5.81. The molecule has 2 N–H and O–H groups in total. The van der Waals surface area contributed by atoms with Crippen LogP contribution >= 0.6 is 0 Å². The number of halogens is 1. The number of rotatable bonds is 4. The Morgan fingerprint density at radius 3 is 2.61 bits per heavy atom. The molecule has 4 nitrogen and oxygen atoms in total. The van der Waals surface area contributed by atoms with Crippen molar-refractivity contribution >= 4 is 11.7 Å². The summed E-state index contributed by atoms with van der Waals surface area (Å²) in [6.45, 7) is 2.71. The third-order valence-corrected chi connectivity index (χ3v) is 3.96. The Morgan fingerprint density at radius 1 is 1.13 bits per heavy atom. The van der Waals surface area contributed by atoms with Crippen LogP contribution in [-0.4, -0.2) is 30.1 Å². The van der Waals surface area contributed by atoms with E-state index in [4.69, 9.17) is 0 Å². The fraction of sp³-hybridized carbons (Fsp3) is 0.278. The molecule has 0 radical (unpaired) electrons. The van der Waals surface area contributed by atoms with Gasteiger partial charge < -0.3 is 10.6 Å². The minimum atomic E-state index is -0.316. The van der Waals surface area contributed by atoms with Gasteiger partial charge in [0, 0.05) is 31.4 Å². The van der Waals surface area contributed by atoms with Crippen LogP contribution in [0.1, 0.15) is 12.0 Å². The number of benzene rings is 2. The molecule has 0 unspecified atom stereocenters. The van der Waals surface area contributed by atoms with Crippen LogP contribution in [0.2, 0.25) is 0 Å². The molecular weight excluding hydrogens is 293 g/mol.